The predicted molar refractivity (Wildman–Crippen MR) is 85.7 cm³/mol. The van der Waals surface area contributed by atoms with Crippen molar-refractivity contribution in [2.24, 2.45) is 0 Å². The fourth-order valence-corrected chi connectivity index (χ4v) is 4.17. The number of rotatable bonds is 5. The van der Waals surface area contributed by atoms with Crippen LogP contribution in [0.3, 0.4) is 0 Å². The summed E-state index contributed by atoms with van der Waals surface area (Å²) in [6, 6.07) is 13.3. The molecule has 1 aromatic heterocycles. The third kappa shape index (κ3) is 3.38. The number of nitrogens with one attached hydrogen (secondary N) is 1. The molecule has 0 spiro atoms. The second kappa shape index (κ2) is 6.75. The van der Waals surface area contributed by atoms with Crippen LogP contribution in [0.1, 0.15) is 16.5 Å². The first-order valence-electron chi connectivity index (χ1n) is 5.79. The minimum absolute atomic E-state index is 0.374. The summed E-state index contributed by atoms with van der Waals surface area (Å²) in [5.41, 5.74) is 1.39. The van der Waals surface area contributed by atoms with Gasteiger partial charge in [-0.1, -0.05) is 18.2 Å². The highest BCUT2D eigenvalue weighted by molar-refractivity contribution is 9.11. The van der Waals surface area contributed by atoms with Gasteiger partial charge in [0.2, 0.25) is 0 Å². The van der Waals surface area contributed by atoms with Crippen molar-refractivity contribution in [3.8, 4) is 0 Å². The van der Waals surface area contributed by atoms with E-state index in [1.54, 1.807) is 0 Å². The Bertz CT molecular complexity index is 510. The highest BCUT2D eigenvalue weighted by Crippen LogP contribution is 2.30. The lowest BCUT2D eigenvalue weighted by Crippen LogP contribution is -2.19. The quantitative estimate of drug-likeness (QED) is 0.788. The summed E-state index contributed by atoms with van der Waals surface area (Å²) in [7, 11) is 2.03. The van der Waals surface area contributed by atoms with Crippen molar-refractivity contribution < 1.29 is 0 Å². The van der Waals surface area contributed by atoms with E-state index >= 15 is 0 Å². The van der Waals surface area contributed by atoms with Crippen LogP contribution in [0.4, 0.5) is 0 Å². The molecule has 1 heterocycles. The van der Waals surface area contributed by atoms with Gasteiger partial charge < -0.3 is 5.32 Å². The van der Waals surface area contributed by atoms with Gasteiger partial charge in [0.05, 0.1) is 3.79 Å². The number of halogens is 1. The molecule has 0 fully saturated rings. The van der Waals surface area contributed by atoms with Gasteiger partial charge >= 0.3 is 0 Å². The standard InChI is InChI=1S/C14H16BrNS2/c1-16-12(9-10-7-8-14(15)18-10)11-5-3-4-6-13(11)17-2/h3-8,12,16H,9H2,1-2H3. The van der Waals surface area contributed by atoms with Crippen LogP contribution in [0.25, 0.3) is 0 Å². The van der Waals surface area contributed by atoms with Crippen molar-refractivity contribution in [2.45, 2.75) is 17.4 Å². The largest absolute Gasteiger partial charge is 0.313 e. The van der Waals surface area contributed by atoms with Crippen LogP contribution in [0.2, 0.25) is 0 Å². The molecular formula is C14H16BrNS2. The lowest BCUT2D eigenvalue weighted by atomic mass is 10.0. The Kier molecular flexibility index (Phi) is 5.30. The monoisotopic (exact) mass is 341 g/mol. The summed E-state index contributed by atoms with van der Waals surface area (Å²) in [6.07, 6.45) is 3.16. The lowest BCUT2D eigenvalue weighted by molar-refractivity contribution is 0.587. The van der Waals surface area contributed by atoms with Crippen molar-refractivity contribution in [3.63, 3.8) is 0 Å². The molecule has 1 N–H and O–H groups in total. The third-order valence-corrected chi connectivity index (χ3v) is 5.35. The zero-order valence-corrected chi connectivity index (χ0v) is 13.7. The number of hydrogen-bond donors (Lipinski definition) is 1. The first-order chi connectivity index (χ1) is 8.74. The fourth-order valence-electron chi connectivity index (χ4n) is 1.98. The maximum atomic E-state index is 3.52. The summed E-state index contributed by atoms with van der Waals surface area (Å²) < 4.78 is 1.20. The van der Waals surface area contributed by atoms with E-state index < -0.39 is 0 Å². The minimum Gasteiger partial charge on any atom is -0.313 e. The van der Waals surface area contributed by atoms with Crippen LogP contribution in [-0.4, -0.2) is 13.3 Å². The van der Waals surface area contributed by atoms with E-state index in [0.29, 0.717) is 6.04 Å². The second-order valence-corrected chi connectivity index (χ2v) is 7.39. The van der Waals surface area contributed by atoms with Gasteiger partial charge in [0.1, 0.15) is 0 Å². The van der Waals surface area contributed by atoms with Crippen LogP contribution in [0, 0.1) is 0 Å². The molecule has 1 unspecified atom stereocenters. The van der Waals surface area contributed by atoms with Crippen LogP contribution in [-0.2, 0) is 6.42 Å². The molecule has 0 saturated carbocycles. The molecule has 2 rings (SSSR count). The molecule has 1 nitrogen and oxygen atoms in total. The molecule has 96 valence electrons. The maximum Gasteiger partial charge on any atom is 0.0701 e. The van der Waals surface area contributed by atoms with Gasteiger partial charge in [0, 0.05) is 22.2 Å². The zero-order valence-electron chi connectivity index (χ0n) is 10.4. The first-order valence-corrected chi connectivity index (χ1v) is 8.62. The summed E-state index contributed by atoms with van der Waals surface area (Å²) in [5, 5.41) is 3.43. The molecule has 2 aromatic rings. The van der Waals surface area contributed by atoms with Gasteiger partial charge in [-0.05, 0) is 53.0 Å². The van der Waals surface area contributed by atoms with Crippen molar-refractivity contribution in [2.75, 3.05) is 13.3 Å². The van der Waals surface area contributed by atoms with E-state index in [1.807, 2.05) is 30.1 Å². The Morgan fingerprint density at radius 3 is 2.67 bits per heavy atom. The Morgan fingerprint density at radius 2 is 2.06 bits per heavy atom. The van der Waals surface area contributed by atoms with E-state index in [4.69, 9.17) is 0 Å². The van der Waals surface area contributed by atoms with E-state index in [-0.39, 0.29) is 0 Å². The number of likely N-dealkylation sites (N-methyl/N-ethyl adjacent to an activating group) is 1. The molecule has 0 aliphatic rings. The highest BCUT2D eigenvalue weighted by atomic mass is 79.9. The fraction of sp³-hybridized carbons (Fsp3) is 0.286. The number of thiophene rings is 1. The van der Waals surface area contributed by atoms with Crippen LogP contribution in [0.15, 0.2) is 45.1 Å². The van der Waals surface area contributed by atoms with E-state index in [2.05, 4.69) is 63.9 Å². The van der Waals surface area contributed by atoms with Crippen molar-refractivity contribution in [3.05, 3.63) is 50.6 Å². The SMILES string of the molecule is CNC(Cc1ccc(Br)s1)c1ccccc1SC. The van der Waals surface area contributed by atoms with Gasteiger partial charge in [-0.25, -0.2) is 0 Å². The highest BCUT2D eigenvalue weighted by Gasteiger charge is 2.14. The molecule has 0 radical (unpaired) electrons. The molecule has 0 aliphatic heterocycles. The summed E-state index contributed by atoms with van der Waals surface area (Å²) >= 11 is 7.14. The number of benzene rings is 1. The maximum absolute atomic E-state index is 3.52. The average molecular weight is 342 g/mol. The van der Waals surface area contributed by atoms with Crippen molar-refractivity contribution in [1.82, 2.24) is 5.32 Å². The Balaban J connectivity index is 2.22. The van der Waals surface area contributed by atoms with Crippen LogP contribution in [0.5, 0.6) is 0 Å². The molecule has 18 heavy (non-hydrogen) atoms. The normalized spacial score (nSPS) is 12.6. The predicted octanol–water partition coefficient (Wildman–Crippen LogP) is 4.74. The molecule has 1 atom stereocenters. The molecule has 0 amide bonds. The molecule has 4 heteroatoms. The second-order valence-electron chi connectivity index (χ2n) is 3.99. The first kappa shape index (κ1) is 14.1. The molecule has 0 aliphatic carbocycles. The zero-order chi connectivity index (χ0) is 13.0. The third-order valence-electron chi connectivity index (χ3n) is 2.90. The van der Waals surface area contributed by atoms with E-state index in [9.17, 15) is 0 Å². The van der Waals surface area contributed by atoms with Gasteiger partial charge in [0.15, 0.2) is 0 Å². The van der Waals surface area contributed by atoms with Gasteiger partial charge in [-0.2, -0.15) is 0 Å². The Labute approximate surface area is 125 Å². The summed E-state index contributed by atoms with van der Waals surface area (Å²) in [5.74, 6) is 0. The number of thioether (sulfide) groups is 1. The van der Waals surface area contributed by atoms with E-state index in [1.165, 1.54) is 19.1 Å². The smallest absolute Gasteiger partial charge is 0.0701 e. The topological polar surface area (TPSA) is 12.0 Å². The molecular weight excluding hydrogens is 326 g/mol. The van der Waals surface area contributed by atoms with Crippen molar-refractivity contribution >= 4 is 39.0 Å². The van der Waals surface area contributed by atoms with Gasteiger partial charge in [-0.3, -0.25) is 0 Å². The Hall–Kier alpha value is -0.290. The van der Waals surface area contributed by atoms with E-state index in [0.717, 1.165) is 6.42 Å². The Morgan fingerprint density at radius 1 is 1.28 bits per heavy atom. The minimum atomic E-state index is 0.374. The van der Waals surface area contributed by atoms with Gasteiger partial charge in [0.25, 0.3) is 0 Å². The lowest BCUT2D eigenvalue weighted by Gasteiger charge is -2.18. The van der Waals surface area contributed by atoms with Crippen molar-refractivity contribution in [1.29, 1.82) is 0 Å². The molecule has 1 aromatic carbocycles. The number of hydrogen-bond acceptors (Lipinski definition) is 3. The molecule has 0 bridgehead atoms. The van der Waals surface area contributed by atoms with Crippen LogP contribution < -0.4 is 5.32 Å². The van der Waals surface area contributed by atoms with Crippen LogP contribution >= 0.6 is 39.0 Å². The molecule has 0 saturated heterocycles. The summed E-state index contributed by atoms with van der Waals surface area (Å²) in [6.45, 7) is 0. The van der Waals surface area contributed by atoms with Gasteiger partial charge in [-0.15, -0.1) is 23.1 Å². The average Bonchev–Trinajstić information content (AvgIpc) is 2.81. The summed E-state index contributed by atoms with van der Waals surface area (Å²) in [4.78, 5) is 2.75.